The van der Waals surface area contributed by atoms with Crippen molar-refractivity contribution >= 4 is 81.0 Å². The minimum absolute atomic E-state index is 0.120. The van der Waals surface area contributed by atoms with Gasteiger partial charge in [-0.05, 0) is 54.8 Å². The molecule has 1 aliphatic rings. The number of hydrogen-bond acceptors (Lipinski definition) is 6. The van der Waals surface area contributed by atoms with Gasteiger partial charge in [-0.3, -0.25) is 14.5 Å². The van der Waals surface area contributed by atoms with Crippen molar-refractivity contribution in [2.45, 2.75) is 25.7 Å². The minimum Gasteiger partial charge on any atom is -0.465 e. The molecule has 3 rings (SSSR count). The molecule has 2 aromatic rings. The average Bonchev–Trinajstić information content (AvgIpc) is 3.05. The highest BCUT2D eigenvalue weighted by molar-refractivity contribution is 8.26. The van der Waals surface area contributed by atoms with E-state index >= 15 is 0 Å². The van der Waals surface area contributed by atoms with Gasteiger partial charge in [-0.25, -0.2) is 4.79 Å². The molecule has 34 heavy (non-hydrogen) atoms. The van der Waals surface area contributed by atoms with E-state index in [4.69, 9.17) is 35.4 Å². The van der Waals surface area contributed by atoms with Gasteiger partial charge in [0.05, 0.1) is 17.6 Å². The summed E-state index contributed by atoms with van der Waals surface area (Å²) in [6.07, 6.45) is 4.28. The Labute approximate surface area is 217 Å². The number of unbranched alkanes of at least 4 members (excludes halogenated alkanes) is 2. The van der Waals surface area contributed by atoms with Gasteiger partial charge >= 0.3 is 5.97 Å². The van der Waals surface area contributed by atoms with Gasteiger partial charge < -0.3 is 10.1 Å². The summed E-state index contributed by atoms with van der Waals surface area (Å²) in [6.45, 7) is 0.495. The predicted octanol–water partition coefficient (Wildman–Crippen LogP) is 6.18. The van der Waals surface area contributed by atoms with Crippen LogP contribution in [0, 0.1) is 0 Å². The molecule has 0 spiro atoms. The molecule has 6 nitrogen and oxygen atoms in total. The van der Waals surface area contributed by atoms with Gasteiger partial charge in [-0.1, -0.05) is 65.7 Å². The number of rotatable bonds is 9. The number of ether oxygens (including phenoxy) is 1. The van der Waals surface area contributed by atoms with Gasteiger partial charge in [0.15, 0.2) is 0 Å². The summed E-state index contributed by atoms with van der Waals surface area (Å²) in [6, 6.07) is 11.7. The van der Waals surface area contributed by atoms with Crippen LogP contribution in [0.2, 0.25) is 10.0 Å². The van der Waals surface area contributed by atoms with Gasteiger partial charge in [0.2, 0.25) is 5.91 Å². The second kappa shape index (κ2) is 12.4. The van der Waals surface area contributed by atoms with Crippen molar-refractivity contribution in [2.75, 3.05) is 19.0 Å². The second-order valence-corrected chi connectivity index (χ2v) is 10.0. The molecule has 10 heteroatoms. The molecule has 0 aromatic heterocycles. The molecule has 0 atom stereocenters. The lowest BCUT2D eigenvalue weighted by atomic mass is 10.1. The molecule has 1 N–H and O–H groups in total. The van der Waals surface area contributed by atoms with Crippen LogP contribution in [-0.4, -0.2) is 40.7 Å². The van der Waals surface area contributed by atoms with Gasteiger partial charge in [-0.2, -0.15) is 0 Å². The smallest absolute Gasteiger partial charge is 0.337 e. The van der Waals surface area contributed by atoms with Crippen LogP contribution in [0.3, 0.4) is 0 Å². The van der Waals surface area contributed by atoms with E-state index in [1.807, 2.05) is 0 Å². The van der Waals surface area contributed by atoms with E-state index in [0.717, 1.165) is 18.4 Å². The maximum absolute atomic E-state index is 12.8. The third-order valence-electron chi connectivity index (χ3n) is 4.94. The number of anilines is 1. The number of halogens is 2. The zero-order valence-electron chi connectivity index (χ0n) is 18.3. The fraction of sp³-hybridized carbons (Fsp3) is 0.250. The van der Waals surface area contributed by atoms with Crippen LogP contribution in [0.15, 0.2) is 47.4 Å². The quantitative estimate of drug-likeness (QED) is 0.178. The molecular weight excluding hydrogens is 515 g/mol. The Morgan fingerprint density at radius 2 is 1.76 bits per heavy atom. The number of amides is 2. The van der Waals surface area contributed by atoms with Gasteiger partial charge in [-0.15, -0.1) is 0 Å². The Bertz CT molecular complexity index is 1120. The highest BCUT2D eigenvalue weighted by atomic mass is 35.5. The molecule has 1 fully saturated rings. The molecule has 0 saturated carbocycles. The van der Waals surface area contributed by atoms with Crippen LogP contribution >= 0.6 is 47.2 Å². The normalized spacial score (nSPS) is 14.6. The molecule has 0 aliphatic carbocycles. The molecule has 2 aromatic carbocycles. The third-order valence-corrected chi connectivity index (χ3v) is 6.75. The summed E-state index contributed by atoms with van der Waals surface area (Å²) in [5.74, 6) is -0.670. The molecule has 178 valence electrons. The topological polar surface area (TPSA) is 75.7 Å². The third kappa shape index (κ3) is 7.30. The lowest BCUT2D eigenvalue weighted by Crippen LogP contribution is -2.29. The number of nitrogens with zero attached hydrogens (tertiary/aromatic N) is 1. The van der Waals surface area contributed by atoms with Crippen LogP contribution in [0.25, 0.3) is 6.08 Å². The standard InChI is InChI=1S/C24H22Cl2N2O4S2/c1-32-23(31)16-8-6-15(7-9-16)11-20-22(30)28(24(33)34-20)10-4-2-3-5-21(29)27-19-13-17(25)12-18(26)14-19/h6-9,11-14H,2-5,10H2,1H3,(H,27,29). The van der Waals surface area contributed by atoms with E-state index in [2.05, 4.69) is 10.1 Å². The Morgan fingerprint density at radius 1 is 1.09 bits per heavy atom. The number of esters is 1. The summed E-state index contributed by atoms with van der Waals surface area (Å²) in [4.78, 5) is 38.6. The fourth-order valence-electron chi connectivity index (χ4n) is 3.26. The van der Waals surface area contributed by atoms with Crippen LogP contribution in [0.1, 0.15) is 41.6 Å². The van der Waals surface area contributed by atoms with E-state index in [-0.39, 0.29) is 11.8 Å². The summed E-state index contributed by atoms with van der Waals surface area (Å²) in [5.41, 5.74) is 1.80. The van der Waals surface area contributed by atoms with E-state index in [1.54, 1.807) is 53.4 Å². The van der Waals surface area contributed by atoms with Crippen molar-refractivity contribution in [2.24, 2.45) is 0 Å². The number of thiocarbonyl (C=S) groups is 1. The Hall–Kier alpha value is -2.39. The molecule has 1 heterocycles. The SMILES string of the molecule is COC(=O)c1ccc(C=C2SC(=S)N(CCCCCC(=O)Nc3cc(Cl)cc(Cl)c3)C2=O)cc1. The number of carbonyl (C=O) groups is 3. The number of methoxy groups -OCH3 is 1. The van der Waals surface area contributed by atoms with Crippen molar-refractivity contribution in [1.82, 2.24) is 4.90 Å². The number of thioether (sulfide) groups is 1. The number of benzene rings is 2. The summed E-state index contributed by atoms with van der Waals surface area (Å²) >= 11 is 18.5. The lowest BCUT2D eigenvalue weighted by molar-refractivity contribution is -0.122. The predicted molar refractivity (Wildman–Crippen MR) is 141 cm³/mol. The summed E-state index contributed by atoms with van der Waals surface area (Å²) in [7, 11) is 1.33. The molecule has 2 amide bonds. The van der Waals surface area contributed by atoms with Crippen molar-refractivity contribution < 1.29 is 19.1 Å². The molecule has 1 aliphatic heterocycles. The second-order valence-electron chi connectivity index (χ2n) is 7.46. The van der Waals surface area contributed by atoms with Crippen molar-refractivity contribution in [3.05, 3.63) is 68.5 Å². The average molecular weight is 537 g/mol. The first-order valence-corrected chi connectivity index (χ1v) is 12.4. The number of nitrogens with one attached hydrogen (secondary N) is 1. The van der Waals surface area contributed by atoms with E-state index in [0.29, 0.717) is 49.9 Å². The number of carbonyl (C=O) groups excluding carboxylic acids is 3. The van der Waals surface area contributed by atoms with Gasteiger partial charge in [0.25, 0.3) is 5.91 Å². The molecule has 0 bridgehead atoms. The van der Waals surface area contributed by atoms with Crippen LogP contribution in [-0.2, 0) is 14.3 Å². The van der Waals surface area contributed by atoms with Gasteiger partial charge in [0, 0.05) is 28.7 Å². The van der Waals surface area contributed by atoms with E-state index < -0.39 is 5.97 Å². The van der Waals surface area contributed by atoms with Crippen LogP contribution in [0.4, 0.5) is 5.69 Å². The summed E-state index contributed by atoms with van der Waals surface area (Å²) < 4.78 is 5.20. The fourth-order valence-corrected chi connectivity index (χ4v) is 5.09. The van der Waals surface area contributed by atoms with E-state index in [1.165, 1.54) is 18.9 Å². The highest BCUT2D eigenvalue weighted by Crippen LogP contribution is 2.33. The Morgan fingerprint density at radius 3 is 2.41 bits per heavy atom. The van der Waals surface area contributed by atoms with Crippen molar-refractivity contribution in [1.29, 1.82) is 0 Å². The molecule has 0 unspecified atom stereocenters. The minimum atomic E-state index is -0.413. The Kier molecular flexibility index (Phi) is 9.53. The first kappa shape index (κ1) is 26.2. The highest BCUT2D eigenvalue weighted by Gasteiger charge is 2.31. The van der Waals surface area contributed by atoms with Crippen molar-refractivity contribution in [3.63, 3.8) is 0 Å². The van der Waals surface area contributed by atoms with Crippen molar-refractivity contribution in [3.8, 4) is 0 Å². The zero-order valence-corrected chi connectivity index (χ0v) is 21.5. The Balaban J connectivity index is 1.44. The maximum atomic E-state index is 12.8. The van der Waals surface area contributed by atoms with Crippen LogP contribution < -0.4 is 5.32 Å². The maximum Gasteiger partial charge on any atom is 0.337 e. The number of hydrogen-bond donors (Lipinski definition) is 1. The first-order valence-electron chi connectivity index (χ1n) is 10.5. The largest absolute Gasteiger partial charge is 0.465 e. The molecule has 0 radical (unpaired) electrons. The first-order chi connectivity index (χ1) is 16.3. The molecule has 1 saturated heterocycles. The molecular formula is C24H22Cl2N2O4S2. The zero-order chi connectivity index (χ0) is 24.7. The van der Waals surface area contributed by atoms with Crippen LogP contribution in [0.5, 0.6) is 0 Å². The lowest BCUT2D eigenvalue weighted by Gasteiger charge is -2.14. The summed E-state index contributed by atoms with van der Waals surface area (Å²) in [5, 5.41) is 3.70. The monoisotopic (exact) mass is 536 g/mol. The van der Waals surface area contributed by atoms with E-state index in [9.17, 15) is 14.4 Å². The van der Waals surface area contributed by atoms with Gasteiger partial charge in [0.1, 0.15) is 4.32 Å².